The summed E-state index contributed by atoms with van der Waals surface area (Å²) in [5.41, 5.74) is -1.45. The van der Waals surface area contributed by atoms with E-state index in [1.54, 1.807) is 20.8 Å². The quantitative estimate of drug-likeness (QED) is 0.363. The molecule has 0 bridgehead atoms. The van der Waals surface area contributed by atoms with Crippen LogP contribution in [0.5, 0.6) is 0 Å². The number of carboxylic acids is 1. The van der Waals surface area contributed by atoms with Gasteiger partial charge in [0.1, 0.15) is 5.54 Å². The van der Waals surface area contributed by atoms with Crippen LogP contribution in [-0.2, 0) is 9.59 Å². The molecule has 1 aliphatic heterocycles. The molecule has 0 saturated carbocycles. The molecule has 0 radical (unpaired) electrons. The summed E-state index contributed by atoms with van der Waals surface area (Å²) in [4.78, 5) is 34.7. The first kappa shape index (κ1) is 13.4. The summed E-state index contributed by atoms with van der Waals surface area (Å²) in [6, 6.07) is -0.761. The average Bonchev–Trinajstić information content (AvgIpc) is 2.45. The van der Waals surface area contributed by atoms with Crippen LogP contribution >= 0.6 is 0 Å². The molecule has 0 spiro atoms. The standard InChI is InChI=1S/C10H17N3O4/c1-4-6(7(14)15)10(5(2)3)8(16)13(11)9(17)12-10/h5-6H,4,11H2,1-3H3,(H,12,17)(H,14,15). The topological polar surface area (TPSA) is 113 Å². The molecule has 1 heterocycles. The van der Waals surface area contributed by atoms with Crippen LogP contribution in [0.3, 0.4) is 0 Å². The van der Waals surface area contributed by atoms with Gasteiger partial charge in [0, 0.05) is 0 Å². The minimum absolute atomic E-state index is 0.230. The molecule has 7 heteroatoms. The lowest BCUT2D eigenvalue weighted by Crippen LogP contribution is -2.59. The van der Waals surface area contributed by atoms with Crippen LogP contribution < -0.4 is 11.2 Å². The van der Waals surface area contributed by atoms with Gasteiger partial charge < -0.3 is 10.4 Å². The predicted octanol–water partition coefficient (Wildman–Crippen LogP) is -0.0825. The number of rotatable bonds is 4. The van der Waals surface area contributed by atoms with Crippen molar-refractivity contribution in [2.45, 2.75) is 32.7 Å². The molecule has 0 aliphatic carbocycles. The maximum absolute atomic E-state index is 12.0. The predicted molar refractivity (Wildman–Crippen MR) is 58.6 cm³/mol. The largest absolute Gasteiger partial charge is 0.481 e. The number of amides is 3. The van der Waals surface area contributed by atoms with Crippen molar-refractivity contribution in [3.05, 3.63) is 0 Å². The number of nitrogens with two attached hydrogens (primary N) is 1. The highest BCUT2D eigenvalue weighted by atomic mass is 16.4. The lowest BCUT2D eigenvalue weighted by molar-refractivity contribution is -0.151. The Morgan fingerprint density at radius 2 is 2.06 bits per heavy atom. The van der Waals surface area contributed by atoms with Crippen LogP contribution in [0.15, 0.2) is 0 Å². The van der Waals surface area contributed by atoms with Crippen molar-refractivity contribution in [2.75, 3.05) is 0 Å². The second-order valence-corrected chi connectivity index (χ2v) is 4.43. The van der Waals surface area contributed by atoms with Crippen molar-refractivity contribution in [1.82, 2.24) is 10.3 Å². The molecule has 1 saturated heterocycles. The molecule has 4 N–H and O–H groups in total. The molecule has 2 atom stereocenters. The van der Waals surface area contributed by atoms with Gasteiger partial charge in [0.05, 0.1) is 5.92 Å². The molecule has 2 unspecified atom stereocenters. The third-order valence-corrected chi connectivity index (χ3v) is 3.27. The lowest BCUT2D eigenvalue weighted by Gasteiger charge is -2.35. The summed E-state index contributed by atoms with van der Waals surface area (Å²) in [5.74, 6) is 2.14. The zero-order valence-corrected chi connectivity index (χ0v) is 10.1. The van der Waals surface area contributed by atoms with E-state index in [0.717, 1.165) is 0 Å². The van der Waals surface area contributed by atoms with E-state index in [2.05, 4.69) is 5.32 Å². The fraction of sp³-hybridized carbons (Fsp3) is 0.700. The van der Waals surface area contributed by atoms with Crippen LogP contribution in [0, 0.1) is 11.8 Å². The maximum Gasteiger partial charge on any atom is 0.339 e. The van der Waals surface area contributed by atoms with E-state index < -0.39 is 29.4 Å². The highest BCUT2D eigenvalue weighted by molar-refractivity contribution is 6.08. The fourth-order valence-electron chi connectivity index (χ4n) is 2.30. The van der Waals surface area contributed by atoms with Gasteiger partial charge in [0.25, 0.3) is 5.91 Å². The number of carbonyl (C=O) groups is 3. The van der Waals surface area contributed by atoms with Gasteiger partial charge in [0.15, 0.2) is 0 Å². The molecule has 17 heavy (non-hydrogen) atoms. The number of hydrogen-bond acceptors (Lipinski definition) is 4. The normalized spacial score (nSPS) is 26.3. The highest BCUT2D eigenvalue weighted by Gasteiger charge is 2.58. The molecule has 1 fully saturated rings. The van der Waals surface area contributed by atoms with E-state index in [1.807, 2.05) is 0 Å². The van der Waals surface area contributed by atoms with Gasteiger partial charge in [0.2, 0.25) is 0 Å². The summed E-state index contributed by atoms with van der Waals surface area (Å²) in [6.07, 6.45) is 0.230. The minimum atomic E-state index is -1.45. The molecular formula is C10H17N3O4. The lowest BCUT2D eigenvalue weighted by atomic mass is 9.74. The van der Waals surface area contributed by atoms with E-state index in [9.17, 15) is 19.5 Å². The van der Waals surface area contributed by atoms with Crippen molar-refractivity contribution in [3.63, 3.8) is 0 Å². The SMILES string of the molecule is CCC(C(=O)O)C1(C(C)C)NC(=O)N(N)C1=O. The molecule has 96 valence electrons. The Hall–Kier alpha value is -1.63. The second kappa shape index (κ2) is 4.33. The van der Waals surface area contributed by atoms with E-state index in [0.29, 0.717) is 5.01 Å². The van der Waals surface area contributed by atoms with E-state index in [1.165, 1.54) is 0 Å². The Kier molecular flexibility index (Phi) is 3.42. The Bertz CT molecular complexity index is 369. The van der Waals surface area contributed by atoms with Crippen molar-refractivity contribution >= 4 is 17.9 Å². The highest BCUT2D eigenvalue weighted by Crippen LogP contribution is 2.34. The average molecular weight is 243 g/mol. The number of nitrogens with one attached hydrogen (secondary N) is 1. The first-order valence-corrected chi connectivity index (χ1v) is 5.43. The molecule has 0 aromatic carbocycles. The summed E-state index contributed by atoms with van der Waals surface area (Å²) in [7, 11) is 0. The van der Waals surface area contributed by atoms with Crippen LogP contribution in [0.25, 0.3) is 0 Å². The molecular weight excluding hydrogens is 226 g/mol. The number of hydrazine groups is 1. The van der Waals surface area contributed by atoms with Gasteiger partial charge in [-0.2, -0.15) is 5.01 Å². The minimum Gasteiger partial charge on any atom is -0.481 e. The second-order valence-electron chi connectivity index (χ2n) is 4.43. The van der Waals surface area contributed by atoms with Crippen molar-refractivity contribution in [1.29, 1.82) is 0 Å². The monoisotopic (exact) mass is 243 g/mol. The fourth-order valence-corrected chi connectivity index (χ4v) is 2.30. The molecule has 1 aliphatic rings. The summed E-state index contributed by atoms with van der Waals surface area (Å²) in [6.45, 7) is 5.02. The van der Waals surface area contributed by atoms with Crippen molar-refractivity contribution in [2.24, 2.45) is 17.7 Å². The number of nitrogens with zero attached hydrogens (tertiary/aromatic N) is 1. The van der Waals surface area contributed by atoms with E-state index >= 15 is 0 Å². The molecule has 7 nitrogen and oxygen atoms in total. The van der Waals surface area contributed by atoms with Crippen LogP contribution in [0.2, 0.25) is 0 Å². The number of aliphatic carboxylic acids is 1. The smallest absolute Gasteiger partial charge is 0.339 e. The third kappa shape index (κ3) is 1.76. The number of carbonyl (C=O) groups excluding carboxylic acids is 2. The molecule has 3 amide bonds. The Balaban J connectivity index is 3.29. The van der Waals surface area contributed by atoms with Gasteiger partial charge in [-0.15, -0.1) is 0 Å². The van der Waals surface area contributed by atoms with Crippen molar-refractivity contribution < 1.29 is 19.5 Å². The van der Waals surface area contributed by atoms with E-state index in [4.69, 9.17) is 5.84 Å². The number of hydrogen-bond donors (Lipinski definition) is 3. The summed E-state index contributed by atoms with van der Waals surface area (Å²) < 4.78 is 0. The van der Waals surface area contributed by atoms with Crippen molar-refractivity contribution in [3.8, 4) is 0 Å². The van der Waals surface area contributed by atoms with Gasteiger partial charge in [-0.1, -0.05) is 20.8 Å². The van der Waals surface area contributed by atoms with Crippen LogP contribution in [-0.4, -0.2) is 33.6 Å². The van der Waals surface area contributed by atoms with E-state index in [-0.39, 0.29) is 12.3 Å². The number of imide groups is 1. The zero-order chi connectivity index (χ0) is 13.4. The first-order valence-electron chi connectivity index (χ1n) is 5.43. The molecule has 0 aromatic heterocycles. The van der Waals surface area contributed by atoms with Gasteiger partial charge in [-0.25, -0.2) is 10.6 Å². The van der Waals surface area contributed by atoms with Gasteiger partial charge >= 0.3 is 12.0 Å². The Labute approximate surface area is 98.9 Å². The summed E-state index contributed by atoms with van der Waals surface area (Å²) >= 11 is 0. The maximum atomic E-state index is 12.0. The molecule has 0 aromatic rings. The number of urea groups is 1. The molecule has 1 rings (SSSR count). The Morgan fingerprint density at radius 1 is 1.53 bits per heavy atom. The third-order valence-electron chi connectivity index (χ3n) is 3.27. The van der Waals surface area contributed by atoms with Gasteiger partial charge in [-0.3, -0.25) is 9.59 Å². The van der Waals surface area contributed by atoms with Crippen LogP contribution in [0.4, 0.5) is 4.79 Å². The summed E-state index contributed by atoms with van der Waals surface area (Å²) in [5, 5.41) is 12.1. The van der Waals surface area contributed by atoms with Gasteiger partial charge in [-0.05, 0) is 12.3 Å². The number of carboxylic acid groups (broad SMARTS) is 1. The Morgan fingerprint density at radius 3 is 2.29 bits per heavy atom. The van der Waals surface area contributed by atoms with Crippen LogP contribution in [0.1, 0.15) is 27.2 Å². The zero-order valence-electron chi connectivity index (χ0n) is 10.1. The first-order chi connectivity index (χ1) is 7.78.